The number of likely N-dealkylation sites (N-methyl/N-ethyl adjacent to an activating group) is 1. The molecule has 7 heteroatoms. The summed E-state index contributed by atoms with van der Waals surface area (Å²) in [6.07, 6.45) is 2.54. The molecule has 116 valence electrons. The lowest BCUT2D eigenvalue weighted by Gasteiger charge is -2.17. The zero-order valence-electron chi connectivity index (χ0n) is 13.0. The molecule has 0 bridgehead atoms. The van der Waals surface area contributed by atoms with Gasteiger partial charge in [0.05, 0.1) is 33.0 Å². The number of hydrogen-bond acceptors (Lipinski definition) is 5. The van der Waals surface area contributed by atoms with Gasteiger partial charge in [0, 0.05) is 13.5 Å². The molecule has 0 aliphatic heterocycles. The van der Waals surface area contributed by atoms with Crippen LogP contribution in [0.2, 0.25) is 5.02 Å². The number of nitrogens with one attached hydrogen (secondary N) is 1. The van der Waals surface area contributed by atoms with Crippen LogP contribution in [-0.4, -0.2) is 25.9 Å². The lowest BCUT2D eigenvalue weighted by Crippen LogP contribution is -2.24. The molecule has 1 unspecified atom stereocenters. The third kappa shape index (κ3) is 3.44. The average molecular weight is 328 g/mol. The molecular weight excluding hydrogens is 306 g/mol. The number of halogens is 1. The molecule has 0 saturated heterocycles. The highest BCUT2D eigenvalue weighted by Gasteiger charge is 2.22. The zero-order valence-corrected chi connectivity index (χ0v) is 14.6. The van der Waals surface area contributed by atoms with Crippen molar-refractivity contribution in [2.24, 2.45) is 7.05 Å². The first kappa shape index (κ1) is 16.4. The second-order valence-electron chi connectivity index (χ2n) is 4.94. The molecule has 0 fully saturated rings. The van der Waals surface area contributed by atoms with Crippen molar-refractivity contribution in [3.8, 4) is 0 Å². The molecule has 5 nitrogen and oxygen atoms in total. The van der Waals surface area contributed by atoms with Gasteiger partial charge in [-0.2, -0.15) is 5.10 Å². The van der Waals surface area contributed by atoms with Gasteiger partial charge in [0.25, 0.3) is 0 Å². The first-order valence-corrected chi connectivity index (χ1v) is 8.52. The standard InChI is InChI=1S/C14H22ClN5S/c1-5-9-13(15)12(20(4)18-9)8-11(16-7-3)14-10(6-2)17-19-21-14/h11,16H,5-8H2,1-4H3. The fraction of sp³-hybridized carbons (Fsp3) is 0.643. The predicted octanol–water partition coefficient (Wildman–Crippen LogP) is 2.94. The van der Waals surface area contributed by atoms with Crippen molar-refractivity contribution in [3.05, 3.63) is 27.0 Å². The molecule has 21 heavy (non-hydrogen) atoms. The lowest BCUT2D eigenvalue weighted by molar-refractivity contribution is 0.531. The highest BCUT2D eigenvalue weighted by molar-refractivity contribution is 7.05. The largest absolute Gasteiger partial charge is 0.309 e. The average Bonchev–Trinajstić information content (AvgIpc) is 3.05. The van der Waals surface area contributed by atoms with Crippen molar-refractivity contribution >= 4 is 23.1 Å². The number of aryl methyl sites for hydroxylation is 3. The highest BCUT2D eigenvalue weighted by atomic mass is 35.5. The van der Waals surface area contributed by atoms with Crippen LogP contribution in [0.3, 0.4) is 0 Å². The van der Waals surface area contributed by atoms with E-state index in [1.54, 1.807) is 0 Å². The topological polar surface area (TPSA) is 55.6 Å². The molecule has 1 atom stereocenters. The minimum absolute atomic E-state index is 0.183. The maximum Gasteiger partial charge on any atom is 0.0850 e. The van der Waals surface area contributed by atoms with Crippen LogP contribution in [0.4, 0.5) is 0 Å². The summed E-state index contributed by atoms with van der Waals surface area (Å²) in [6, 6.07) is 0.183. The molecule has 2 aromatic heterocycles. The van der Waals surface area contributed by atoms with Crippen molar-refractivity contribution in [1.82, 2.24) is 24.7 Å². The second kappa shape index (κ2) is 7.33. The van der Waals surface area contributed by atoms with Crippen molar-refractivity contribution < 1.29 is 0 Å². The molecule has 0 aliphatic carbocycles. The van der Waals surface area contributed by atoms with Crippen molar-refractivity contribution in [2.75, 3.05) is 6.54 Å². The Hall–Kier alpha value is -0.980. The van der Waals surface area contributed by atoms with Gasteiger partial charge in [-0.05, 0) is 30.9 Å². The zero-order chi connectivity index (χ0) is 15.4. The quantitative estimate of drug-likeness (QED) is 0.849. The van der Waals surface area contributed by atoms with E-state index < -0.39 is 0 Å². The van der Waals surface area contributed by atoms with Gasteiger partial charge in [-0.25, -0.2) is 0 Å². The maximum atomic E-state index is 6.47. The van der Waals surface area contributed by atoms with Crippen molar-refractivity contribution in [1.29, 1.82) is 0 Å². The van der Waals surface area contributed by atoms with Crippen LogP contribution in [0.15, 0.2) is 0 Å². The van der Waals surface area contributed by atoms with Gasteiger partial charge >= 0.3 is 0 Å². The summed E-state index contributed by atoms with van der Waals surface area (Å²) in [6.45, 7) is 7.18. The fourth-order valence-electron chi connectivity index (χ4n) is 2.46. The van der Waals surface area contributed by atoms with E-state index in [0.29, 0.717) is 0 Å². The molecule has 2 aromatic rings. The Labute approximate surface area is 134 Å². The van der Waals surface area contributed by atoms with E-state index in [4.69, 9.17) is 11.6 Å². The van der Waals surface area contributed by atoms with E-state index >= 15 is 0 Å². The number of nitrogens with zero attached hydrogens (tertiary/aromatic N) is 4. The van der Waals surface area contributed by atoms with E-state index in [9.17, 15) is 0 Å². The monoisotopic (exact) mass is 327 g/mol. The fourth-order valence-corrected chi connectivity index (χ4v) is 3.65. The van der Waals surface area contributed by atoms with Gasteiger partial charge in [0.2, 0.25) is 0 Å². The van der Waals surface area contributed by atoms with Gasteiger partial charge in [0.15, 0.2) is 0 Å². The highest BCUT2D eigenvalue weighted by Crippen LogP contribution is 2.29. The Kier molecular flexibility index (Phi) is 5.72. The second-order valence-corrected chi connectivity index (χ2v) is 6.10. The Morgan fingerprint density at radius 1 is 1.24 bits per heavy atom. The summed E-state index contributed by atoms with van der Waals surface area (Å²) in [4.78, 5) is 1.20. The van der Waals surface area contributed by atoms with Crippen LogP contribution in [-0.2, 0) is 26.3 Å². The van der Waals surface area contributed by atoms with Gasteiger partial charge in [0.1, 0.15) is 0 Å². The van der Waals surface area contributed by atoms with Crippen LogP contribution >= 0.6 is 23.1 Å². The van der Waals surface area contributed by atoms with Crippen LogP contribution in [0, 0.1) is 0 Å². The van der Waals surface area contributed by atoms with Gasteiger partial charge in [-0.15, -0.1) is 5.10 Å². The Morgan fingerprint density at radius 2 is 1.95 bits per heavy atom. The number of hydrogen-bond donors (Lipinski definition) is 1. The van der Waals surface area contributed by atoms with E-state index in [2.05, 4.69) is 40.8 Å². The van der Waals surface area contributed by atoms with Crippen LogP contribution in [0.5, 0.6) is 0 Å². The molecule has 0 amide bonds. The van der Waals surface area contributed by atoms with Crippen molar-refractivity contribution in [2.45, 2.75) is 46.1 Å². The third-order valence-electron chi connectivity index (χ3n) is 3.59. The van der Waals surface area contributed by atoms with Crippen LogP contribution in [0.25, 0.3) is 0 Å². The molecule has 0 aromatic carbocycles. The molecule has 2 heterocycles. The van der Waals surface area contributed by atoms with E-state index in [1.165, 1.54) is 16.4 Å². The molecule has 0 saturated carbocycles. The third-order valence-corrected chi connectivity index (χ3v) is 4.90. The molecule has 0 radical (unpaired) electrons. The summed E-state index contributed by atoms with van der Waals surface area (Å²) < 4.78 is 5.99. The number of rotatable bonds is 7. The molecular formula is C14H22ClN5S. The minimum atomic E-state index is 0.183. The van der Waals surface area contributed by atoms with Crippen LogP contribution in [0.1, 0.15) is 48.8 Å². The number of aromatic nitrogens is 4. The Balaban J connectivity index is 2.31. The molecule has 2 rings (SSSR count). The Morgan fingerprint density at radius 3 is 2.52 bits per heavy atom. The van der Waals surface area contributed by atoms with Gasteiger partial charge in [-0.1, -0.05) is 36.9 Å². The molecule has 0 spiro atoms. The van der Waals surface area contributed by atoms with E-state index in [-0.39, 0.29) is 6.04 Å². The summed E-state index contributed by atoms with van der Waals surface area (Å²) in [5, 5.41) is 13.0. The predicted molar refractivity (Wildman–Crippen MR) is 87.0 cm³/mol. The molecule has 0 aliphatic rings. The van der Waals surface area contributed by atoms with Gasteiger partial charge < -0.3 is 5.32 Å². The summed E-state index contributed by atoms with van der Waals surface area (Å²) >= 11 is 7.94. The van der Waals surface area contributed by atoms with Crippen molar-refractivity contribution in [3.63, 3.8) is 0 Å². The van der Waals surface area contributed by atoms with Crippen LogP contribution < -0.4 is 5.32 Å². The maximum absolute atomic E-state index is 6.47. The van der Waals surface area contributed by atoms with E-state index in [1.807, 2.05) is 11.7 Å². The summed E-state index contributed by atoms with van der Waals surface area (Å²) in [7, 11) is 1.95. The lowest BCUT2D eigenvalue weighted by atomic mass is 10.1. The van der Waals surface area contributed by atoms with E-state index in [0.717, 1.165) is 47.9 Å². The smallest absolute Gasteiger partial charge is 0.0850 e. The first-order valence-electron chi connectivity index (χ1n) is 7.36. The minimum Gasteiger partial charge on any atom is -0.309 e. The van der Waals surface area contributed by atoms with Gasteiger partial charge in [-0.3, -0.25) is 4.68 Å². The summed E-state index contributed by atoms with van der Waals surface area (Å²) in [5.41, 5.74) is 3.09. The Bertz CT molecular complexity index is 592. The summed E-state index contributed by atoms with van der Waals surface area (Å²) in [5.74, 6) is 0. The first-order chi connectivity index (χ1) is 10.1. The normalized spacial score (nSPS) is 12.8. The molecule has 1 N–H and O–H groups in total. The SMILES string of the molecule is CCNC(Cc1c(Cl)c(CC)nn1C)c1snnc1CC.